The summed E-state index contributed by atoms with van der Waals surface area (Å²) in [5.74, 6) is 0.320. The average molecular weight is 338 g/mol. The van der Waals surface area contributed by atoms with Crippen molar-refractivity contribution in [2.75, 3.05) is 12.4 Å². The van der Waals surface area contributed by atoms with Gasteiger partial charge in [0, 0.05) is 18.1 Å². The summed E-state index contributed by atoms with van der Waals surface area (Å²) in [6, 6.07) is 17.0. The molecule has 128 valence electrons. The molecule has 3 aromatic rings. The molecule has 1 heterocycles. The second-order valence-electron chi connectivity index (χ2n) is 5.68. The first kappa shape index (κ1) is 16.8. The Balaban J connectivity index is 1.75. The SMILES string of the molecule is COc1ccc(NC(=O)C[C@@H](c2ccc(F)cc2)n2cccc2)cc1. The van der Waals surface area contributed by atoms with Gasteiger partial charge in [0.05, 0.1) is 19.6 Å². The van der Waals surface area contributed by atoms with Crippen molar-refractivity contribution in [3.8, 4) is 5.75 Å². The normalized spacial score (nSPS) is 11.8. The quantitative estimate of drug-likeness (QED) is 0.730. The van der Waals surface area contributed by atoms with Gasteiger partial charge in [-0.05, 0) is 54.1 Å². The van der Waals surface area contributed by atoms with Crippen LogP contribution in [0, 0.1) is 5.82 Å². The zero-order valence-electron chi connectivity index (χ0n) is 13.9. The Morgan fingerprint density at radius 3 is 2.32 bits per heavy atom. The number of amides is 1. The molecule has 0 bridgehead atoms. The van der Waals surface area contributed by atoms with E-state index in [1.54, 1.807) is 43.5 Å². The van der Waals surface area contributed by atoms with Gasteiger partial charge in [-0.2, -0.15) is 0 Å². The number of nitrogens with one attached hydrogen (secondary N) is 1. The third-order valence-electron chi connectivity index (χ3n) is 3.99. The van der Waals surface area contributed by atoms with Crippen LogP contribution in [-0.2, 0) is 4.79 Å². The lowest BCUT2D eigenvalue weighted by atomic mass is 10.0. The number of methoxy groups -OCH3 is 1. The summed E-state index contributed by atoms with van der Waals surface area (Å²) in [7, 11) is 1.60. The van der Waals surface area contributed by atoms with E-state index in [4.69, 9.17) is 4.74 Å². The van der Waals surface area contributed by atoms with Crippen molar-refractivity contribution in [2.24, 2.45) is 0 Å². The van der Waals surface area contributed by atoms with Crippen molar-refractivity contribution in [3.63, 3.8) is 0 Å². The van der Waals surface area contributed by atoms with Gasteiger partial charge in [0.15, 0.2) is 0 Å². The molecule has 0 aliphatic heterocycles. The molecular weight excluding hydrogens is 319 g/mol. The van der Waals surface area contributed by atoms with E-state index in [0.717, 1.165) is 11.3 Å². The van der Waals surface area contributed by atoms with Crippen LogP contribution in [0.1, 0.15) is 18.0 Å². The van der Waals surface area contributed by atoms with E-state index in [2.05, 4.69) is 5.32 Å². The zero-order valence-corrected chi connectivity index (χ0v) is 13.9. The molecular formula is C20H19FN2O2. The van der Waals surface area contributed by atoms with E-state index < -0.39 is 0 Å². The third kappa shape index (κ3) is 4.26. The van der Waals surface area contributed by atoms with Gasteiger partial charge in [0.25, 0.3) is 0 Å². The zero-order chi connectivity index (χ0) is 17.6. The Bertz CT molecular complexity index is 812. The summed E-state index contributed by atoms with van der Waals surface area (Å²) >= 11 is 0. The minimum atomic E-state index is -0.294. The maximum Gasteiger partial charge on any atom is 0.226 e. The first-order valence-electron chi connectivity index (χ1n) is 7.97. The number of aromatic nitrogens is 1. The van der Waals surface area contributed by atoms with Gasteiger partial charge >= 0.3 is 0 Å². The molecule has 0 aliphatic carbocycles. The molecule has 3 rings (SSSR count). The van der Waals surface area contributed by atoms with E-state index in [1.807, 2.05) is 29.1 Å². The van der Waals surface area contributed by atoms with Crippen molar-refractivity contribution >= 4 is 11.6 Å². The topological polar surface area (TPSA) is 43.3 Å². The number of ether oxygens (including phenoxy) is 1. The van der Waals surface area contributed by atoms with Crippen molar-refractivity contribution < 1.29 is 13.9 Å². The molecule has 1 amide bonds. The number of rotatable bonds is 6. The Morgan fingerprint density at radius 1 is 1.08 bits per heavy atom. The largest absolute Gasteiger partial charge is 0.497 e. The van der Waals surface area contributed by atoms with Crippen molar-refractivity contribution in [1.29, 1.82) is 0 Å². The molecule has 0 radical (unpaired) electrons. The van der Waals surface area contributed by atoms with Crippen molar-refractivity contribution in [1.82, 2.24) is 4.57 Å². The summed E-state index contributed by atoms with van der Waals surface area (Å²) < 4.78 is 20.3. The van der Waals surface area contributed by atoms with Gasteiger partial charge in [-0.25, -0.2) is 4.39 Å². The van der Waals surface area contributed by atoms with Gasteiger partial charge in [-0.15, -0.1) is 0 Å². The van der Waals surface area contributed by atoms with Crippen LogP contribution in [0.15, 0.2) is 73.1 Å². The molecule has 2 aromatic carbocycles. The maximum atomic E-state index is 13.2. The Morgan fingerprint density at radius 2 is 1.72 bits per heavy atom. The minimum absolute atomic E-state index is 0.117. The van der Waals surface area contributed by atoms with Crippen LogP contribution in [0.25, 0.3) is 0 Å². The van der Waals surface area contributed by atoms with Crippen LogP contribution >= 0.6 is 0 Å². The highest BCUT2D eigenvalue weighted by Gasteiger charge is 2.17. The van der Waals surface area contributed by atoms with Crippen LogP contribution in [-0.4, -0.2) is 17.6 Å². The van der Waals surface area contributed by atoms with Crippen LogP contribution in [0.5, 0.6) is 5.75 Å². The lowest BCUT2D eigenvalue weighted by Crippen LogP contribution is -2.19. The lowest BCUT2D eigenvalue weighted by Gasteiger charge is -2.19. The highest BCUT2D eigenvalue weighted by atomic mass is 19.1. The van der Waals surface area contributed by atoms with Crippen LogP contribution in [0.4, 0.5) is 10.1 Å². The Hall–Kier alpha value is -3.08. The molecule has 0 unspecified atom stereocenters. The fourth-order valence-corrected chi connectivity index (χ4v) is 2.70. The van der Waals surface area contributed by atoms with E-state index in [1.165, 1.54) is 12.1 Å². The second kappa shape index (κ2) is 7.66. The number of hydrogen-bond acceptors (Lipinski definition) is 2. The summed E-state index contributed by atoms with van der Waals surface area (Å²) in [5, 5.41) is 2.88. The number of hydrogen-bond donors (Lipinski definition) is 1. The molecule has 4 nitrogen and oxygen atoms in total. The number of anilines is 1. The van der Waals surface area contributed by atoms with E-state index in [-0.39, 0.29) is 24.2 Å². The van der Waals surface area contributed by atoms with Gasteiger partial charge < -0.3 is 14.6 Å². The maximum absolute atomic E-state index is 13.2. The standard InChI is InChI=1S/C20H19FN2O2/c1-25-18-10-8-17(9-11-18)22-20(24)14-19(23-12-2-3-13-23)15-4-6-16(21)7-5-15/h2-13,19H,14H2,1H3,(H,22,24)/t19-/m0/s1. The molecule has 1 atom stereocenters. The summed E-state index contributed by atoms with van der Waals surface area (Å²) in [6.07, 6.45) is 4.04. The highest BCUT2D eigenvalue weighted by Crippen LogP contribution is 2.24. The summed E-state index contributed by atoms with van der Waals surface area (Å²) in [6.45, 7) is 0. The molecule has 25 heavy (non-hydrogen) atoms. The predicted molar refractivity (Wildman–Crippen MR) is 95.2 cm³/mol. The van der Waals surface area contributed by atoms with E-state index >= 15 is 0 Å². The van der Waals surface area contributed by atoms with Crippen molar-refractivity contribution in [3.05, 3.63) is 84.4 Å². The molecule has 0 saturated heterocycles. The summed E-state index contributed by atoms with van der Waals surface area (Å²) in [5.41, 5.74) is 1.58. The first-order chi connectivity index (χ1) is 12.2. The monoisotopic (exact) mass is 338 g/mol. The van der Waals surface area contributed by atoms with Gasteiger partial charge in [-0.3, -0.25) is 4.79 Å². The molecule has 0 fully saturated rings. The van der Waals surface area contributed by atoms with Crippen LogP contribution in [0.2, 0.25) is 0 Å². The number of carbonyl (C=O) groups excluding carboxylic acids is 1. The highest BCUT2D eigenvalue weighted by molar-refractivity contribution is 5.91. The molecule has 0 aliphatic rings. The molecule has 1 aromatic heterocycles. The number of benzene rings is 2. The van der Waals surface area contributed by atoms with Gasteiger partial charge in [-0.1, -0.05) is 12.1 Å². The predicted octanol–water partition coefficient (Wildman–Crippen LogP) is 4.25. The first-order valence-corrected chi connectivity index (χ1v) is 7.97. The number of halogens is 1. The minimum Gasteiger partial charge on any atom is -0.497 e. The third-order valence-corrected chi connectivity index (χ3v) is 3.99. The summed E-state index contributed by atoms with van der Waals surface area (Å²) in [4.78, 5) is 12.5. The smallest absolute Gasteiger partial charge is 0.226 e. The molecule has 5 heteroatoms. The fraction of sp³-hybridized carbons (Fsp3) is 0.150. The Labute approximate surface area is 145 Å². The lowest BCUT2D eigenvalue weighted by molar-refractivity contribution is -0.116. The number of nitrogens with zero attached hydrogens (tertiary/aromatic N) is 1. The van der Waals surface area contributed by atoms with Crippen LogP contribution in [0.3, 0.4) is 0 Å². The molecule has 0 saturated carbocycles. The number of carbonyl (C=O) groups is 1. The fourth-order valence-electron chi connectivity index (χ4n) is 2.70. The van der Waals surface area contributed by atoms with Gasteiger partial charge in [0.1, 0.15) is 11.6 Å². The van der Waals surface area contributed by atoms with Crippen molar-refractivity contribution in [2.45, 2.75) is 12.5 Å². The van der Waals surface area contributed by atoms with E-state index in [9.17, 15) is 9.18 Å². The Kier molecular flexibility index (Phi) is 5.14. The average Bonchev–Trinajstić information content (AvgIpc) is 3.15. The molecule has 1 N–H and O–H groups in total. The second-order valence-corrected chi connectivity index (χ2v) is 5.68. The van der Waals surface area contributed by atoms with E-state index in [0.29, 0.717) is 5.69 Å². The van der Waals surface area contributed by atoms with Gasteiger partial charge in [0.2, 0.25) is 5.91 Å². The van der Waals surface area contributed by atoms with Crippen LogP contribution < -0.4 is 10.1 Å². The molecule has 0 spiro atoms.